The van der Waals surface area contributed by atoms with Gasteiger partial charge in [-0.3, -0.25) is 19.2 Å². The van der Waals surface area contributed by atoms with E-state index in [1.807, 2.05) is 161 Å². The lowest BCUT2D eigenvalue weighted by molar-refractivity contribution is -0.153. The molecule has 4 fully saturated rings. The number of halogens is 2. The zero-order valence-electron chi connectivity index (χ0n) is 52.6. The van der Waals surface area contributed by atoms with Gasteiger partial charge in [0.1, 0.15) is 35.4 Å². The minimum absolute atomic E-state index is 0. The summed E-state index contributed by atoms with van der Waals surface area (Å²) in [6.45, 7) is 14.5. The molecular formula is C69H88ClFN6O12-2. The minimum Gasteiger partial charge on any atom is -1.00 e. The predicted molar refractivity (Wildman–Crippen MR) is 343 cm³/mol. The fourth-order valence-electron chi connectivity index (χ4n) is 11.9. The molecule has 4 amide bonds. The number of piperidine rings is 2. The number of pyridine rings is 2. The van der Waals surface area contributed by atoms with E-state index in [1.54, 1.807) is 14.2 Å². The van der Waals surface area contributed by atoms with Crippen molar-refractivity contribution < 1.29 is 64.4 Å². The summed E-state index contributed by atoms with van der Waals surface area (Å²) in [5.74, 6) is -2.19. The molecule has 2 aromatic heterocycles. The van der Waals surface area contributed by atoms with E-state index >= 15 is 0 Å². The zero-order chi connectivity index (χ0) is 62.7. The fourth-order valence-corrected chi connectivity index (χ4v) is 12.1. The quantitative estimate of drug-likeness (QED) is 0.0867. The lowest BCUT2D eigenvalue weighted by Gasteiger charge is -2.36. The standard InChI is InChI=1S/C34H41N3O6.C18H30N2O5.C16H12ClNO.CH3.FH.H2/c1-34(2,3)26(19-31(38)36-15-9-6-10-16-36)32(39)37-21-24(18-29(37)33(40)41)43-30-20-27(22-11-7-5-8-12-22)35-28-17-23(42-4)13-14-25(28)30;1-18(2,3)13(10-15(22)19-7-5-4-6-8-19)16(23)20-11-12(21)9-14(20)17(24)25;1-19-12-7-8-13-14(17)10-15(18-16(13)9-12)11-5-3-2-4-6-11;;;/h5,7-8,11-14,17,20,24,26,29H,6,9-10,15-16,18-19,21H2,1-4H3,(H,40,41);12-14,21H,4-11H2,1-3H3,(H,24,25);2-10H,1H3;1H3;2*1H/q;;;-1;;/p-1/t24-,26-,29+;12-,13-,14+;;;;/m11..../s1/i;;;;;1+1. The number of nitrogens with zero attached hydrogens (tertiary/aromatic N) is 6. The second-order valence-corrected chi connectivity index (χ2v) is 25.6. The van der Waals surface area contributed by atoms with Gasteiger partial charge < -0.3 is 61.3 Å². The number of methoxy groups -OCH3 is 2. The summed E-state index contributed by atoms with van der Waals surface area (Å²) in [4.78, 5) is 92.6. The average molecular weight is 1250 g/mol. The molecule has 89 heavy (non-hydrogen) atoms. The normalized spacial score (nSPS) is 19.0. The molecule has 6 atom stereocenters. The minimum atomic E-state index is -1.11. The van der Waals surface area contributed by atoms with Crippen LogP contribution in [0.5, 0.6) is 17.2 Å². The molecule has 4 aliphatic heterocycles. The van der Waals surface area contributed by atoms with Crippen molar-refractivity contribution in [2.75, 3.05) is 53.5 Å². The number of aliphatic carboxylic acids is 2. The van der Waals surface area contributed by atoms with Crippen molar-refractivity contribution in [2.45, 2.75) is 130 Å². The monoisotopic (exact) mass is 1250 g/mol. The van der Waals surface area contributed by atoms with E-state index in [9.17, 15) is 44.1 Å². The van der Waals surface area contributed by atoms with Gasteiger partial charge in [0.05, 0.1) is 66.1 Å². The maximum Gasteiger partial charge on any atom is 0.326 e. The Morgan fingerprint density at radius 1 is 0.584 bits per heavy atom. The van der Waals surface area contributed by atoms with E-state index in [-0.39, 0.29) is 76.0 Å². The highest BCUT2D eigenvalue weighted by Crippen LogP contribution is 2.39. The number of aliphatic hydroxyl groups is 1. The van der Waals surface area contributed by atoms with Crippen molar-refractivity contribution in [2.24, 2.45) is 22.7 Å². The van der Waals surface area contributed by atoms with E-state index < -0.39 is 58.9 Å². The Morgan fingerprint density at radius 2 is 1.00 bits per heavy atom. The summed E-state index contributed by atoms with van der Waals surface area (Å²) >= 11 is 6.33. The number of carbonyl (C=O) groups excluding carboxylic acids is 4. The van der Waals surface area contributed by atoms with Crippen LogP contribution in [0.4, 0.5) is 0 Å². The van der Waals surface area contributed by atoms with Crippen LogP contribution < -0.4 is 18.9 Å². The summed E-state index contributed by atoms with van der Waals surface area (Å²) in [6, 6.07) is 32.7. The highest BCUT2D eigenvalue weighted by molar-refractivity contribution is 6.35. The van der Waals surface area contributed by atoms with E-state index in [4.69, 9.17) is 30.8 Å². The van der Waals surface area contributed by atoms with Gasteiger partial charge in [-0.15, -0.1) is 0 Å². The Bertz CT molecular complexity index is 3410. The van der Waals surface area contributed by atoms with Gasteiger partial charge >= 0.3 is 11.9 Å². The molecule has 0 aliphatic carbocycles. The third kappa shape index (κ3) is 17.7. The van der Waals surface area contributed by atoms with Crippen LogP contribution in [-0.4, -0.2) is 158 Å². The number of carbonyl (C=O) groups is 6. The smallest absolute Gasteiger partial charge is 0.326 e. The zero-order valence-corrected chi connectivity index (χ0v) is 53.4. The Balaban J connectivity index is 0.000000266. The SMILES string of the molecule is CC(C)(C)[C@H](CC(=O)N1CCCCC1)C(=O)N1C[C@H](O)C[C@H]1C(=O)O.COc1ccc2c(Cl)cc(-c3ccccc3)nc2c1.COc1ccc2c(O[C@@H]3C[C@@H](C(=O)O)N(C(=O)[C@@H](CC(=O)N4CCCCC4)C(C)(C)C)C3)cc(-c3ccccc3)nc2c1.[2HH].[CH3-].[F-]. The van der Waals surface area contributed by atoms with Crippen molar-refractivity contribution in [3.8, 4) is 39.8 Å². The molecule has 4 aromatic carbocycles. The Hall–Kier alpha value is -7.90. The number of likely N-dealkylation sites (tertiary alicyclic amines) is 4. The summed E-state index contributed by atoms with van der Waals surface area (Å²) < 4.78 is 17.2. The fraction of sp³-hybridized carbons (Fsp3) is 0.464. The molecule has 0 spiro atoms. The number of carboxylic acid groups (broad SMARTS) is 2. The number of β-amino-alcohol motifs (C(OH)–C–C–N with tert-alkyl or cyclic N) is 1. The first kappa shape index (κ1) is 70.2. The van der Waals surface area contributed by atoms with Crippen LogP contribution in [0.1, 0.15) is 107 Å². The number of fused-ring (bicyclic) bond motifs is 2. The largest absolute Gasteiger partial charge is 1.00 e. The summed E-state index contributed by atoms with van der Waals surface area (Å²) in [5, 5.41) is 31.7. The van der Waals surface area contributed by atoms with Crippen LogP contribution in [0, 0.1) is 30.1 Å². The molecule has 3 N–H and O–H groups in total. The molecule has 0 radical (unpaired) electrons. The number of ether oxygens (including phenoxy) is 3. The number of amides is 4. The van der Waals surface area contributed by atoms with E-state index in [0.29, 0.717) is 40.8 Å². The Labute approximate surface area is 528 Å². The number of carboxylic acids is 2. The predicted octanol–water partition coefficient (Wildman–Crippen LogP) is 8.77. The molecule has 0 unspecified atom stereocenters. The molecule has 10 rings (SSSR count). The summed E-state index contributed by atoms with van der Waals surface area (Å²) in [5.41, 5.74) is 4.05. The van der Waals surface area contributed by atoms with Gasteiger partial charge in [-0.05, 0) is 79.7 Å². The molecule has 482 valence electrons. The number of benzene rings is 4. The first-order valence-electron chi connectivity index (χ1n) is 30.1. The van der Waals surface area contributed by atoms with Crippen LogP contribution in [0.2, 0.25) is 5.02 Å². The Kier molecular flexibility index (Phi) is 24.5. The van der Waals surface area contributed by atoms with Crippen LogP contribution >= 0.6 is 11.6 Å². The van der Waals surface area contributed by atoms with Crippen molar-refractivity contribution in [3.05, 3.63) is 122 Å². The highest BCUT2D eigenvalue weighted by atomic mass is 35.5. The Morgan fingerprint density at radius 3 is 1.44 bits per heavy atom. The average Bonchev–Trinajstić information content (AvgIpc) is 1.57. The maximum atomic E-state index is 14.1. The third-order valence-corrected chi connectivity index (χ3v) is 17.2. The van der Waals surface area contributed by atoms with E-state index in [1.165, 1.54) is 9.80 Å². The topological polar surface area (TPSA) is 230 Å². The molecule has 4 saturated heterocycles. The number of hydrogen-bond donors (Lipinski definition) is 3. The second kappa shape index (κ2) is 31.0. The third-order valence-electron chi connectivity index (χ3n) is 16.9. The second-order valence-electron chi connectivity index (χ2n) is 25.2. The van der Waals surface area contributed by atoms with Crippen molar-refractivity contribution in [3.63, 3.8) is 0 Å². The van der Waals surface area contributed by atoms with Gasteiger partial charge in [-0.25, -0.2) is 19.6 Å². The van der Waals surface area contributed by atoms with Crippen molar-refractivity contribution >= 4 is 69.0 Å². The van der Waals surface area contributed by atoms with Gasteiger partial charge in [0, 0.05) is 99.9 Å². The molecule has 20 heteroatoms. The van der Waals surface area contributed by atoms with Gasteiger partial charge in [0.15, 0.2) is 0 Å². The lowest BCUT2D eigenvalue weighted by Crippen LogP contribution is -3.00. The summed E-state index contributed by atoms with van der Waals surface area (Å²) in [7, 11) is 3.24. The first-order valence-corrected chi connectivity index (χ1v) is 30.5. The van der Waals surface area contributed by atoms with Gasteiger partial charge in [-0.2, -0.15) is 0 Å². The van der Waals surface area contributed by atoms with Crippen molar-refractivity contribution in [1.82, 2.24) is 29.6 Å². The molecular weight excluding hydrogens is 1160 g/mol. The molecule has 18 nitrogen and oxygen atoms in total. The summed E-state index contributed by atoms with van der Waals surface area (Å²) in [6.07, 6.45) is 5.07. The molecule has 0 bridgehead atoms. The van der Waals surface area contributed by atoms with E-state index in [0.717, 1.165) is 90.5 Å². The van der Waals surface area contributed by atoms with Crippen LogP contribution in [0.3, 0.4) is 0 Å². The van der Waals surface area contributed by atoms with Crippen LogP contribution in [0.15, 0.2) is 109 Å². The lowest BCUT2D eigenvalue weighted by atomic mass is 9.77. The van der Waals surface area contributed by atoms with Gasteiger partial charge in [-0.1, -0.05) is 114 Å². The number of aromatic nitrogens is 2. The number of hydrogen-bond acceptors (Lipinski definition) is 12. The first-order chi connectivity index (χ1) is 41.4. The molecule has 4 aliphatic rings. The highest BCUT2D eigenvalue weighted by Gasteiger charge is 2.47. The molecule has 0 saturated carbocycles. The molecule has 6 aromatic rings. The molecule has 6 heterocycles. The maximum absolute atomic E-state index is 14.1. The number of rotatable bonds is 14. The van der Waals surface area contributed by atoms with E-state index in [2.05, 4.69) is 4.98 Å². The van der Waals surface area contributed by atoms with Gasteiger partial charge in [0.2, 0.25) is 23.6 Å². The number of aliphatic hydroxyl groups excluding tert-OH is 1. The van der Waals surface area contributed by atoms with Crippen molar-refractivity contribution in [1.29, 1.82) is 0 Å². The van der Waals surface area contributed by atoms with Crippen LogP contribution in [0.25, 0.3) is 44.3 Å². The van der Waals surface area contributed by atoms with Crippen LogP contribution in [-0.2, 0) is 28.8 Å². The van der Waals surface area contributed by atoms with Gasteiger partial charge in [0.25, 0.3) is 0 Å².